The Bertz CT molecular complexity index is 213. The Morgan fingerprint density at radius 3 is 2.33 bits per heavy atom. The van der Waals surface area contributed by atoms with Gasteiger partial charge in [-0.2, -0.15) is 5.26 Å². The first-order chi connectivity index (χ1) is 3.85. The summed E-state index contributed by atoms with van der Waals surface area (Å²) < 4.78 is 0. The van der Waals surface area contributed by atoms with Crippen LogP contribution in [0.1, 0.15) is 0 Å². The quantitative estimate of drug-likeness (QED) is 0.0998. The van der Waals surface area contributed by atoms with Gasteiger partial charge in [0.15, 0.2) is 0 Å². The van der Waals surface area contributed by atoms with E-state index < -0.39 is 5.70 Å². The van der Waals surface area contributed by atoms with Crippen molar-refractivity contribution in [2.45, 2.75) is 0 Å². The zero-order valence-corrected chi connectivity index (χ0v) is 6.74. The molecule has 0 saturated carbocycles. The predicted molar refractivity (Wildman–Crippen MR) is 26.6 cm³/mol. The summed E-state index contributed by atoms with van der Waals surface area (Å²) in [7, 11) is 0. The van der Waals surface area contributed by atoms with Crippen molar-refractivity contribution in [3.05, 3.63) is 21.5 Å². The van der Waals surface area contributed by atoms with Gasteiger partial charge in [0.05, 0.1) is 0 Å². The normalized spacial score (nSPS) is 4.78. The zero-order valence-electron chi connectivity index (χ0n) is 4.74. The van der Waals surface area contributed by atoms with Gasteiger partial charge < -0.3 is 5.41 Å². The molecule has 0 aromatic rings. The van der Waals surface area contributed by atoms with Crippen molar-refractivity contribution in [1.29, 1.82) is 5.26 Å². The molecule has 0 unspecified atom stereocenters. The summed E-state index contributed by atoms with van der Waals surface area (Å²) in [6, 6.07) is 1.39. The monoisotopic (exact) mass is 129 g/mol. The van der Waals surface area contributed by atoms with Crippen molar-refractivity contribution >= 4 is 5.87 Å². The molecule has 0 spiro atoms. The average Bonchev–Trinajstić information content (AvgIpc) is 1.83. The molecule has 6 heteroatoms. The summed E-state index contributed by atoms with van der Waals surface area (Å²) in [5, 5.41) is 18.5. The maximum absolute atomic E-state index is 7.88. The number of allylic oxidation sites excluding steroid dienone is 1. The van der Waals surface area contributed by atoms with Crippen LogP contribution in [0.3, 0.4) is 0 Å². The standard InChI is InChI=1S/C3N5.Na/c4-1-3(2-5)7-8-6;/q-1;+1. The Hall–Kier alpha value is -0.750. The van der Waals surface area contributed by atoms with Gasteiger partial charge in [0, 0.05) is 4.91 Å². The van der Waals surface area contributed by atoms with Crippen LogP contribution in [-0.4, -0.2) is 5.87 Å². The van der Waals surface area contributed by atoms with Gasteiger partial charge in [0.25, 0.3) is 0 Å². The van der Waals surface area contributed by atoms with Gasteiger partial charge >= 0.3 is 29.6 Å². The van der Waals surface area contributed by atoms with Crippen molar-refractivity contribution in [3.8, 4) is 6.07 Å². The molecule has 9 heavy (non-hydrogen) atoms. The van der Waals surface area contributed by atoms with Crippen LogP contribution in [-0.2, 0) is 0 Å². The van der Waals surface area contributed by atoms with Crippen molar-refractivity contribution in [1.82, 2.24) is 0 Å². The second-order valence-electron chi connectivity index (χ2n) is 0.762. The molecule has 0 aliphatic heterocycles. The minimum Gasteiger partial charge on any atom is -0.762 e. The van der Waals surface area contributed by atoms with Crippen LogP contribution in [0.4, 0.5) is 0 Å². The molecule has 0 aromatic heterocycles. The molecule has 0 aliphatic rings. The third-order valence-corrected chi connectivity index (χ3v) is 0.357. The first-order valence-electron chi connectivity index (χ1n) is 1.57. The molecular formula is C3N5Na. The molecule has 5 nitrogen and oxygen atoms in total. The molecule has 0 aliphatic carbocycles. The number of nitriles is 1. The first kappa shape index (κ1) is 11.1. The van der Waals surface area contributed by atoms with Gasteiger partial charge in [-0.3, -0.25) is 0 Å². The van der Waals surface area contributed by atoms with E-state index in [0.29, 0.717) is 0 Å². The first-order valence-corrected chi connectivity index (χ1v) is 1.57. The van der Waals surface area contributed by atoms with Gasteiger partial charge in [-0.1, -0.05) is 0 Å². The van der Waals surface area contributed by atoms with E-state index in [2.05, 4.69) is 10.0 Å². The third-order valence-electron chi connectivity index (χ3n) is 0.357. The molecule has 0 amide bonds. The van der Waals surface area contributed by atoms with Gasteiger partial charge in [0.1, 0.15) is 11.8 Å². The van der Waals surface area contributed by atoms with Crippen molar-refractivity contribution in [2.24, 2.45) is 5.11 Å². The van der Waals surface area contributed by atoms with Crippen LogP contribution in [0.25, 0.3) is 15.9 Å². The van der Waals surface area contributed by atoms with Crippen LogP contribution >= 0.6 is 0 Å². The maximum Gasteiger partial charge on any atom is 1.00 e. The molecule has 0 N–H and O–H groups in total. The summed E-state index contributed by atoms with van der Waals surface area (Å²) in [6.07, 6.45) is 0. The van der Waals surface area contributed by atoms with Gasteiger partial charge in [-0.15, -0.1) is 0 Å². The Labute approximate surface area is 73.4 Å². The Balaban J connectivity index is 0. The van der Waals surface area contributed by atoms with Gasteiger partial charge in [-0.05, 0) is 10.6 Å². The molecule has 0 aromatic carbocycles. The predicted octanol–water partition coefficient (Wildman–Crippen LogP) is -2.05. The SMILES string of the molecule is N#CC(=C=[N-])N=[N+]=[N-].[Na+]. The Morgan fingerprint density at radius 1 is 1.67 bits per heavy atom. The van der Waals surface area contributed by atoms with Gasteiger partial charge in [-0.25, -0.2) is 5.87 Å². The van der Waals surface area contributed by atoms with Crippen LogP contribution in [0, 0.1) is 11.3 Å². The Kier molecular flexibility index (Phi) is 8.94. The van der Waals surface area contributed by atoms with Crippen LogP contribution in [0.15, 0.2) is 10.8 Å². The zero-order chi connectivity index (χ0) is 6.41. The average molecular weight is 129 g/mol. The topological polar surface area (TPSA) is 94.9 Å². The molecule has 0 fully saturated rings. The molecule has 38 valence electrons. The van der Waals surface area contributed by atoms with E-state index in [1.165, 1.54) is 11.9 Å². The van der Waals surface area contributed by atoms with Crippen LogP contribution < -0.4 is 29.6 Å². The molecule has 0 bridgehead atoms. The second kappa shape index (κ2) is 7.25. The number of rotatable bonds is 1. The smallest absolute Gasteiger partial charge is 0.762 e. The second-order valence-corrected chi connectivity index (χ2v) is 0.762. The summed E-state index contributed by atoms with van der Waals surface area (Å²) in [4.78, 5) is 2.22. The molecule has 0 heterocycles. The van der Waals surface area contributed by atoms with Crippen LogP contribution in [0.2, 0.25) is 0 Å². The molecule has 0 radical (unpaired) electrons. The fourth-order valence-electron chi connectivity index (χ4n) is 0.114. The molecule has 0 rings (SSSR count). The van der Waals surface area contributed by atoms with Crippen molar-refractivity contribution < 1.29 is 29.6 Å². The van der Waals surface area contributed by atoms with Crippen molar-refractivity contribution in [2.75, 3.05) is 0 Å². The van der Waals surface area contributed by atoms with E-state index in [1.807, 2.05) is 0 Å². The third kappa shape index (κ3) is 5.12. The van der Waals surface area contributed by atoms with E-state index in [4.69, 9.17) is 16.2 Å². The minimum atomic E-state index is -0.465. The largest absolute Gasteiger partial charge is 1.00 e. The summed E-state index contributed by atoms with van der Waals surface area (Å²) in [5.74, 6) is 1.39. The van der Waals surface area contributed by atoms with E-state index >= 15 is 0 Å². The van der Waals surface area contributed by atoms with E-state index in [1.54, 1.807) is 0 Å². The van der Waals surface area contributed by atoms with Crippen LogP contribution in [0.5, 0.6) is 0 Å². The van der Waals surface area contributed by atoms with E-state index in [9.17, 15) is 0 Å². The molecular weight excluding hydrogens is 129 g/mol. The van der Waals surface area contributed by atoms with Crippen molar-refractivity contribution in [3.63, 3.8) is 0 Å². The number of hydrogen-bond donors (Lipinski definition) is 0. The summed E-state index contributed by atoms with van der Waals surface area (Å²) in [6.45, 7) is 0. The molecule has 0 atom stereocenters. The van der Waals surface area contributed by atoms with E-state index in [-0.39, 0.29) is 29.6 Å². The number of nitrogens with zero attached hydrogens (tertiary/aromatic N) is 5. The van der Waals surface area contributed by atoms with Gasteiger partial charge in [0.2, 0.25) is 0 Å². The summed E-state index contributed by atoms with van der Waals surface area (Å²) in [5.41, 5.74) is 7.17. The van der Waals surface area contributed by atoms with E-state index in [0.717, 1.165) is 0 Å². The fourth-order valence-corrected chi connectivity index (χ4v) is 0.114. The maximum atomic E-state index is 7.88. The Morgan fingerprint density at radius 2 is 2.22 bits per heavy atom. The fraction of sp³-hybridized carbons (Fsp3) is 0. The number of azide groups is 1. The number of hydrogen-bond acceptors (Lipinski definition) is 2. The molecule has 0 saturated heterocycles. The summed E-state index contributed by atoms with van der Waals surface area (Å²) >= 11 is 0. The minimum absolute atomic E-state index is 0.